The summed E-state index contributed by atoms with van der Waals surface area (Å²) in [5.74, 6) is 1.87. The Morgan fingerprint density at radius 3 is 2.61 bits per heavy atom. The average molecular weight is 433 g/mol. The number of ether oxygens (including phenoxy) is 1. The van der Waals surface area contributed by atoms with E-state index in [2.05, 4.69) is 47.5 Å². The van der Waals surface area contributed by atoms with Gasteiger partial charge in [-0.15, -0.1) is 11.8 Å². The second kappa shape index (κ2) is 10.4. The van der Waals surface area contributed by atoms with Crippen LogP contribution in [0, 0.1) is 0 Å². The molecule has 5 heteroatoms. The second-order valence-corrected chi connectivity index (χ2v) is 8.75. The van der Waals surface area contributed by atoms with Crippen molar-refractivity contribution < 1.29 is 9.53 Å². The van der Waals surface area contributed by atoms with E-state index in [1.54, 1.807) is 0 Å². The summed E-state index contributed by atoms with van der Waals surface area (Å²) < 4.78 is 5.62. The van der Waals surface area contributed by atoms with Gasteiger partial charge in [-0.2, -0.15) is 0 Å². The number of carbonyl (C=O) groups is 1. The zero-order valence-corrected chi connectivity index (χ0v) is 18.7. The maximum atomic E-state index is 12.8. The fraction of sp³-hybridized carbons (Fsp3) is 0.269. The Bertz CT molecular complexity index is 1010. The Balaban J connectivity index is 1.41. The third-order valence-corrected chi connectivity index (χ3v) is 6.29. The minimum absolute atomic E-state index is 0.0515. The van der Waals surface area contributed by atoms with E-state index in [4.69, 9.17) is 4.74 Å². The predicted molar refractivity (Wildman–Crippen MR) is 128 cm³/mol. The molecule has 1 N–H and O–H groups in total. The molecule has 0 aromatic heterocycles. The van der Waals surface area contributed by atoms with Crippen LogP contribution in [0.25, 0.3) is 0 Å². The third-order valence-electron chi connectivity index (χ3n) is 5.25. The normalized spacial score (nSPS) is 12.9. The van der Waals surface area contributed by atoms with E-state index in [0.717, 1.165) is 42.3 Å². The van der Waals surface area contributed by atoms with E-state index in [9.17, 15) is 4.79 Å². The molecule has 0 atom stereocenters. The first-order valence-electron chi connectivity index (χ1n) is 10.8. The molecule has 0 fully saturated rings. The lowest BCUT2D eigenvalue weighted by Gasteiger charge is -2.31. The first-order chi connectivity index (χ1) is 15.2. The first-order valence-corrected chi connectivity index (χ1v) is 11.8. The summed E-state index contributed by atoms with van der Waals surface area (Å²) in [5.41, 5.74) is 4.17. The molecule has 0 bridgehead atoms. The van der Waals surface area contributed by atoms with Crippen LogP contribution in [0.5, 0.6) is 5.75 Å². The smallest absolute Gasteiger partial charge is 0.251 e. The van der Waals surface area contributed by atoms with E-state index >= 15 is 0 Å². The number of anilines is 1. The SMILES string of the molecule is CCCOc1ccc(CNC(=O)c2ccc3c(c2)N(Cc2ccccc2)CCS3)cc1. The van der Waals surface area contributed by atoms with Crippen LogP contribution in [-0.4, -0.2) is 24.8 Å². The lowest BCUT2D eigenvalue weighted by molar-refractivity contribution is 0.0951. The molecule has 3 aromatic carbocycles. The van der Waals surface area contributed by atoms with Gasteiger partial charge in [0.05, 0.1) is 12.3 Å². The van der Waals surface area contributed by atoms with Crippen LogP contribution in [-0.2, 0) is 13.1 Å². The molecule has 3 aromatic rings. The Morgan fingerprint density at radius 1 is 1.03 bits per heavy atom. The van der Waals surface area contributed by atoms with Crippen LogP contribution in [0.3, 0.4) is 0 Å². The summed E-state index contributed by atoms with van der Waals surface area (Å²) in [4.78, 5) is 16.4. The number of fused-ring (bicyclic) bond motifs is 1. The van der Waals surface area contributed by atoms with Gasteiger partial charge in [-0.1, -0.05) is 49.4 Å². The molecule has 0 spiro atoms. The van der Waals surface area contributed by atoms with Crippen LogP contribution in [0.15, 0.2) is 77.7 Å². The van der Waals surface area contributed by atoms with Gasteiger partial charge in [-0.3, -0.25) is 4.79 Å². The molecule has 1 amide bonds. The molecule has 160 valence electrons. The maximum Gasteiger partial charge on any atom is 0.251 e. The number of benzene rings is 3. The van der Waals surface area contributed by atoms with E-state index in [-0.39, 0.29) is 5.91 Å². The fourth-order valence-corrected chi connectivity index (χ4v) is 4.62. The molecule has 0 aliphatic carbocycles. The van der Waals surface area contributed by atoms with Crippen molar-refractivity contribution in [2.45, 2.75) is 31.3 Å². The highest BCUT2D eigenvalue weighted by atomic mass is 32.2. The number of nitrogens with zero attached hydrogens (tertiary/aromatic N) is 1. The van der Waals surface area contributed by atoms with E-state index in [0.29, 0.717) is 18.7 Å². The van der Waals surface area contributed by atoms with E-state index in [1.165, 1.54) is 10.5 Å². The van der Waals surface area contributed by atoms with Crippen LogP contribution >= 0.6 is 11.8 Å². The third kappa shape index (κ3) is 5.61. The minimum atomic E-state index is -0.0515. The first kappa shape index (κ1) is 21.3. The summed E-state index contributed by atoms with van der Waals surface area (Å²) >= 11 is 1.86. The number of hydrogen-bond acceptors (Lipinski definition) is 4. The number of thioether (sulfide) groups is 1. The predicted octanol–water partition coefficient (Wildman–Crippen LogP) is 5.52. The molecular formula is C26H28N2O2S. The number of rotatable bonds is 8. The highest BCUT2D eigenvalue weighted by Gasteiger charge is 2.19. The molecule has 1 aliphatic heterocycles. The minimum Gasteiger partial charge on any atom is -0.494 e. The highest BCUT2D eigenvalue weighted by molar-refractivity contribution is 7.99. The zero-order valence-electron chi connectivity index (χ0n) is 17.8. The van der Waals surface area contributed by atoms with Gasteiger partial charge < -0.3 is 15.0 Å². The van der Waals surface area contributed by atoms with E-state index < -0.39 is 0 Å². The second-order valence-electron chi connectivity index (χ2n) is 7.61. The molecule has 0 unspecified atom stereocenters. The van der Waals surface area contributed by atoms with Gasteiger partial charge in [0, 0.05) is 35.8 Å². The van der Waals surface area contributed by atoms with Crippen molar-refractivity contribution in [3.05, 3.63) is 89.5 Å². The molecule has 1 aliphatic rings. The van der Waals surface area contributed by atoms with Crippen molar-refractivity contribution in [1.29, 1.82) is 0 Å². The lowest BCUT2D eigenvalue weighted by Crippen LogP contribution is -2.29. The van der Waals surface area contributed by atoms with Gasteiger partial charge in [0.15, 0.2) is 0 Å². The van der Waals surface area contributed by atoms with E-state index in [1.807, 2.05) is 54.2 Å². The molecule has 4 nitrogen and oxygen atoms in total. The molecule has 0 saturated heterocycles. The number of amides is 1. The Kier molecular flexibility index (Phi) is 7.15. The van der Waals surface area contributed by atoms with Gasteiger partial charge in [0.2, 0.25) is 0 Å². The van der Waals surface area contributed by atoms with Gasteiger partial charge in [0.25, 0.3) is 5.91 Å². The summed E-state index contributed by atoms with van der Waals surface area (Å²) in [6, 6.07) is 24.4. The molecular weight excluding hydrogens is 404 g/mol. The lowest BCUT2D eigenvalue weighted by atomic mass is 10.1. The topological polar surface area (TPSA) is 41.6 Å². The van der Waals surface area contributed by atoms with Crippen LogP contribution in [0.2, 0.25) is 0 Å². The Morgan fingerprint density at radius 2 is 1.84 bits per heavy atom. The van der Waals surface area contributed by atoms with Crippen LogP contribution in [0.1, 0.15) is 34.8 Å². The average Bonchev–Trinajstić information content (AvgIpc) is 2.82. The van der Waals surface area contributed by atoms with Crippen LogP contribution < -0.4 is 15.0 Å². The van der Waals surface area contributed by atoms with Gasteiger partial charge in [-0.05, 0) is 47.9 Å². The van der Waals surface area contributed by atoms with Gasteiger partial charge in [0.1, 0.15) is 5.75 Å². The largest absolute Gasteiger partial charge is 0.494 e. The molecule has 0 radical (unpaired) electrons. The van der Waals surface area contributed by atoms with Crippen molar-refractivity contribution >= 4 is 23.4 Å². The van der Waals surface area contributed by atoms with Crippen molar-refractivity contribution in [2.75, 3.05) is 23.8 Å². The maximum absolute atomic E-state index is 12.8. The number of nitrogens with one attached hydrogen (secondary N) is 1. The molecule has 1 heterocycles. The van der Waals surface area contributed by atoms with Crippen LogP contribution in [0.4, 0.5) is 5.69 Å². The summed E-state index contributed by atoms with van der Waals surface area (Å²) in [6.07, 6.45) is 0.986. The molecule has 0 saturated carbocycles. The van der Waals surface area contributed by atoms with Gasteiger partial charge >= 0.3 is 0 Å². The van der Waals surface area contributed by atoms with Crippen molar-refractivity contribution in [1.82, 2.24) is 5.32 Å². The highest BCUT2D eigenvalue weighted by Crippen LogP contribution is 2.36. The van der Waals surface area contributed by atoms with Crippen molar-refractivity contribution in [3.8, 4) is 5.75 Å². The standard InChI is InChI=1S/C26H28N2O2S/c1-2-15-30-23-11-8-20(9-12-23)18-27-26(29)22-10-13-25-24(17-22)28(14-16-31-25)19-21-6-4-3-5-7-21/h3-13,17H,2,14-16,18-19H2,1H3,(H,27,29). The van der Waals surface area contributed by atoms with Gasteiger partial charge in [-0.25, -0.2) is 0 Å². The van der Waals surface area contributed by atoms with Crippen molar-refractivity contribution in [2.24, 2.45) is 0 Å². The Labute approximate surface area is 188 Å². The zero-order chi connectivity index (χ0) is 21.5. The summed E-state index contributed by atoms with van der Waals surface area (Å²) in [6.45, 7) is 5.13. The monoisotopic (exact) mass is 432 g/mol. The van der Waals surface area contributed by atoms with Crippen molar-refractivity contribution in [3.63, 3.8) is 0 Å². The molecule has 31 heavy (non-hydrogen) atoms. The molecule has 4 rings (SSSR count). The fourth-order valence-electron chi connectivity index (χ4n) is 3.59. The quantitative estimate of drug-likeness (QED) is 0.509. The number of carbonyl (C=O) groups excluding carboxylic acids is 1. The summed E-state index contributed by atoms with van der Waals surface area (Å²) in [5, 5.41) is 3.04. The number of hydrogen-bond donors (Lipinski definition) is 1. The Hall–Kier alpha value is -2.92. The summed E-state index contributed by atoms with van der Waals surface area (Å²) in [7, 11) is 0.